The fourth-order valence-corrected chi connectivity index (χ4v) is 1.53. The molecule has 0 fully saturated rings. The van der Waals surface area contributed by atoms with E-state index in [0.29, 0.717) is 6.04 Å². The van der Waals surface area contributed by atoms with E-state index in [0.717, 1.165) is 13.2 Å². The molecule has 15 heavy (non-hydrogen) atoms. The molecule has 0 aliphatic rings. The Balaban J connectivity index is 2.57. The van der Waals surface area contributed by atoms with Gasteiger partial charge in [-0.15, -0.1) is 0 Å². The number of benzene rings is 1. The molecule has 2 nitrogen and oxygen atoms in total. The van der Waals surface area contributed by atoms with Crippen LogP contribution in [0.3, 0.4) is 0 Å². The Morgan fingerprint density at radius 1 is 1.27 bits per heavy atom. The summed E-state index contributed by atoms with van der Waals surface area (Å²) in [7, 11) is 1.72. The van der Waals surface area contributed by atoms with Crippen molar-refractivity contribution in [1.29, 1.82) is 0 Å². The molecule has 0 heterocycles. The third kappa shape index (κ3) is 3.65. The minimum absolute atomic E-state index is 0.388. The van der Waals surface area contributed by atoms with E-state index in [2.05, 4.69) is 44.3 Å². The van der Waals surface area contributed by atoms with Gasteiger partial charge in [0.15, 0.2) is 0 Å². The molecule has 1 unspecified atom stereocenters. The fourth-order valence-electron chi connectivity index (χ4n) is 1.53. The van der Waals surface area contributed by atoms with Crippen molar-refractivity contribution in [3.63, 3.8) is 0 Å². The van der Waals surface area contributed by atoms with Crippen molar-refractivity contribution in [3.05, 3.63) is 34.9 Å². The molecule has 0 bridgehead atoms. The van der Waals surface area contributed by atoms with E-state index in [4.69, 9.17) is 4.74 Å². The Morgan fingerprint density at radius 3 is 2.60 bits per heavy atom. The van der Waals surface area contributed by atoms with E-state index in [1.807, 2.05) is 0 Å². The van der Waals surface area contributed by atoms with Gasteiger partial charge in [-0.25, -0.2) is 0 Å². The summed E-state index contributed by atoms with van der Waals surface area (Å²) in [5.41, 5.74) is 4.05. The molecule has 1 aromatic rings. The molecule has 0 aliphatic heterocycles. The second-order valence-electron chi connectivity index (χ2n) is 4.01. The maximum atomic E-state index is 5.01. The molecule has 0 saturated carbocycles. The molecule has 0 amide bonds. The average molecular weight is 207 g/mol. The number of hydrogen-bond acceptors (Lipinski definition) is 2. The van der Waals surface area contributed by atoms with Gasteiger partial charge in [-0.2, -0.15) is 0 Å². The van der Waals surface area contributed by atoms with Crippen molar-refractivity contribution in [2.45, 2.75) is 26.8 Å². The van der Waals surface area contributed by atoms with Crippen LogP contribution >= 0.6 is 0 Å². The quantitative estimate of drug-likeness (QED) is 0.749. The summed E-state index contributed by atoms with van der Waals surface area (Å²) in [6.45, 7) is 8.13. The molecule has 0 saturated heterocycles. The lowest BCUT2D eigenvalue weighted by Crippen LogP contribution is -2.22. The predicted molar refractivity (Wildman–Crippen MR) is 64.2 cm³/mol. The topological polar surface area (TPSA) is 21.3 Å². The van der Waals surface area contributed by atoms with Crippen LogP contribution in [-0.2, 0) is 4.74 Å². The number of ether oxygens (including phenoxy) is 1. The normalized spacial score (nSPS) is 12.8. The molecule has 0 spiro atoms. The molecule has 0 aliphatic carbocycles. The first kappa shape index (κ1) is 12.2. The molecular weight excluding hydrogens is 186 g/mol. The van der Waals surface area contributed by atoms with Gasteiger partial charge >= 0.3 is 0 Å². The van der Waals surface area contributed by atoms with Crippen LogP contribution in [0.4, 0.5) is 0 Å². The predicted octanol–water partition coefficient (Wildman–Crippen LogP) is 2.60. The second kappa shape index (κ2) is 5.89. The fraction of sp³-hybridized carbons (Fsp3) is 0.538. The maximum absolute atomic E-state index is 5.01. The highest BCUT2D eigenvalue weighted by Gasteiger charge is 2.04. The van der Waals surface area contributed by atoms with Gasteiger partial charge in [-0.05, 0) is 37.5 Å². The van der Waals surface area contributed by atoms with E-state index in [-0.39, 0.29) is 0 Å². The first-order valence-corrected chi connectivity index (χ1v) is 5.44. The van der Waals surface area contributed by atoms with Crippen LogP contribution in [0, 0.1) is 13.8 Å². The summed E-state index contributed by atoms with van der Waals surface area (Å²) in [4.78, 5) is 0. The van der Waals surface area contributed by atoms with Gasteiger partial charge in [0.25, 0.3) is 0 Å². The van der Waals surface area contributed by atoms with E-state index in [9.17, 15) is 0 Å². The maximum Gasteiger partial charge on any atom is 0.0587 e. The number of rotatable bonds is 5. The van der Waals surface area contributed by atoms with E-state index in [1.165, 1.54) is 16.7 Å². The van der Waals surface area contributed by atoms with Crippen molar-refractivity contribution >= 4 is 0 Å². The summed E-state index contributed by atoms with van der Waals surface area (Å²) >= 11 is 0. The standard InChI is InChI=1S/C13H21NO/c1-10-5-6-13(9-11(10)2)12(3)14-7-8-15-4/h5-6,9,12,14H,7-8H2,1-4H3. The molecule has 1 atom stereocenters. The van der Waals surface area contributed by atoms with Gasteiger partial charge in [-0.3, -0.25) is 0 Å². The van der Waals surface area contributed by atoms with E-state index >= 15 is 0 Å². The number of methoxy groups -OCH3 is 1. The van der Waals surface area contributed by atoms with Gasteiger partial charge < -0.3 is 10.1 Å². The van der Waals surface area contributed by atoms with Gasteiger partial charge in [0.1, 0.15) is 0 Å². The minimum Gasteiger partial charge on any atom is -0.383 e. The minimum atomic E-state index is 0.388. The Bertz CT molecular complexity index is 309. The highest BCUT2D eigenvalue weighted by molar-refractivity contribution is 5.31. The first-order valence-electron chi connectivity index (χ1n) is 5.44. The Kier molecular flexibility index (Phi) is 4.79. The van der Waals surface area contributed by atoms with E-state index in [1.54, 1.807) is 7.11 Å². The zero-order valence-electron chi connectivity index (χ0n) is 10.1. The van der Waals surface area contributed by atoms with Gasteiger partial charge in [0, 0.05) is 19.7 Å². The van der Waals surface area contributed by atoms with Crippen molar-refractivity contribution in [3.8, 4) is 0 Å². The zero-order chi connectivity index (χ0) is 11.3. The summed E-state index contributed by atoms with van der Waals surface area (Å²) in [5.74, 6) is 0. The SMILES string of the molecule is COCCNC(C)c1ccc(C)c(C)c1. The summed E-state index contributed by atoms with van der Waals surface area (Å²) in [6.07, 6.45) is 0. The number of aryl methyl sites for hydroxylation is 2. The van der Waals surface area contributed by atoms with Gasteiger partial charge in [0.05, 0.1) is 6.61 Å². The Morgan fingerprint density at radius 2 is 2.00 bits per heavy atom. The van der Waals surface area contributed by atoms with Crippen molar-refractivity contribution in [2.24, 2.45) is 0 Å². The Labute approximate surface area is 92.6 Å². The smallest absolute Gasteiger partial charge is 0.0587 e. The van der Waals surface area contributed by atoms with Crippen LogP contribution in [0.1, 0.15) is 29.7 Å². The largest absolute Gasteiger partial charge is 0.383 e. The summed E-state index contributed by atoms with van der Waals surface area (Å²) in [5, 5.41) is 3.42. The number of hydrogen-bond donors (Lipinski definition) is 1. The molecule has 2 heteroatoms. The Hall–Kier alpha value is -0.860. The molecule has 0 radical (unpaired) electrons. The van der Waals surface area contributed by atoms with Crippen molar-refractivity contribution in [1.82, 2.24) is 5.32 Å². The van der Waals surface area contributed by atoms with Crippen molar-refractivity contribution in [2.75, 3.05) is 20.3 Å². The van der Waals surface area contributed by atoms with Crippen LogP contribution < -0.4 is 5.32 Å². The lowest BCUT2D eigenvalue weighted by atomic mass is 10.0. The lowest BCUT2D eigenvalue weighted by molar-refractivity contribution is 0.196. The van der Waals surface area contributed by atoms with Crippen LogP contribution in [0.5, 0.6) is 0 Å². The summed E-state index contributed by atoms with van der Waals surface area (Å²) < 4.78 is 5.01. The van der Waals surface area contributed by atoms with Crippen LogP contribution in [-0.4, -0.2) is 20.3 Å². The van der Waals surface area contributed by atoms with Crippen molar-refractivity contribution < 1.29 is 4.74 Å². The van der Waals surface area contributed by atoms with Gasteiger partial charge in [0.2, 0.25) is 0 Å². The van der Waals surface area contributed by atoms with Gasteiger partial charge in [-0.1, -0.05) is 18.2 Å². The molecule has 0 aromatic heterocycles. The lowest BCUT2D eigenvalue weighted by Gasteiger charge is -2.15. The zero-order valence-corrected chi connectivity index (χ0v) is 10.1. The molecule has 1 N–H and O–H groups in total. The average Bonchev–Trinajstić information content (AvgIpc) is 2.22. The monoisotopic (exact) mass is 207 g/mol. The summed E-state index contributed by atoms with van der Waals surface area (Å²) in [6, 6.07) is 7.01. The molecular formula is C13H21NO. The molecule has 84 valence electrons. The van der Waals surface area contributed by atoms with Crippen LogP contribution in [0.15, 0.2) is 18.2 Å². The molecule has 1 rings (SSSR count). The highest BCUT2D eigenvalue weighted by atomic mass is 16.5. The molecule has 1 aromatic carbocycles. The van der Waals surface area contributed by atoms with Crippen LogP contribution in [0.2, 0.25) is 0 Å². The third-order valence-corrected chi connectivity index (χ3v) is 2.79. The highest BCUT2D eigenvalue weighted by Crippen LogP contribution is 2.16. The van der Waals surface area contributed by atoms with E-state index < -0.39 is 0 Å². The van der Waals surface area contributed by atoms with Crippen LogP contribution in [0.25, 0.3) is 0 Å². The first-order chi connectivity index (χ1) is 7.15. The second-order valence-corrected chi connectivity index (χ2v) is 4.01. The third-order valence-electron chi connectivity index (χ3n) is 2.79. The number of nitrogens with one attached hydrogen (secondary N) is 1.